The number of hydrogen-bond donors (Lipinski definition) is 1. The van der Waals surface area contributed by atoms with Crippen molar-refractivity contribution in [2.45, 2.75) is 33.2 Å². The Balaban J connectivity index is 1.88. The summed E-state index contributed by atoms with van der Waals surface area (Å²) in [6, 6.07) is 9.84. The standard InChI is InChI=1S/C18H27N3O2/c1-4-20(5-2)14(3)12-19-18(23)15-11-17(22)21(13-15)16-9-7-6-8-10-16/h6-10,14-15H,4-5,11-13H2,1-3H3,(H,19,23). The van der Waals surface area contributed by atoms with Gasteiger partial charge in [-0.2, -0.15) is 0 Å². The molecule has 1 aromatic rings. The van der Waals surface area contributed by atoms with E-state index in [1.54, 1.807) is 4.90 Å². The molecule has 1 fully saturated rings. The summed E-state index contributed by atoms with van der Waals surface area (Å²) < 4.78 is 0. The van der Waals surface area contributed by atoms with E-state index in [4.69, 9.17) is 0 Å². The van der Waals surface area contributed by atoms with Gasteiger partial charge in [0, 0.05) is 31.2 Å². The molecule has 2 amide bonds. The van der Waals surface area contributed by atoms with Gasteiger partial charge in [-0.15, -0.1) is 0 Å². The minimum atomic E-state index is -0.258. The number of anilines is 1. The van der Waals surface area contributed by atoms with Gasteiger partial charge in [0.1, 0.15) is 0 Å². The molecule has 0 bridgehead atoms. The van der Waals surface area contributed by atoms with Crippen molar-refractivity contribution in [1.82, 2.24) is 10.2 Å². The van der Waals surface area contributed by atoms with Crippen LogP contribution in [-0.4, -0.2) is 48.9 Å². The van der Waals surface area contributed by atoms with Crippen molar-refractivity contribution in [2.75, 3.05) is 31.1 Å². The first-order valence-corrected chi connectivity index (χ1v) is 8.44. The van der Waals surface area contributed by atoms with Crippen LogP contribution in [0, 0.1) is 5.92 Å². The smallest absolute Gasteiger partial charge is 0.227 e. The Morgan fingerprint density at radius 1 is 1.30 bits per heavy atom. The summed E-state index contributed by atoms with van der Waals surface area (Å²) in [6.45, 7) is 9.38. The van der Waals surface area contributed by atoms with Crippen LogP contribution >= 0.6 is 0 Å². The first kappa shape index (κ1) is 17.5. The van der Waals surface area contributed by atoms with E-state index in [0.717, 1.165) is 18.8 Å². The van der Waals surface area contributed by atoms with Crippen molar-refractivity contribution < 1.29 is 9.59 Å². The summed E-state index contributed by atoms with van der Waals surface area (Å²) in [6.07, 6.45) is 0.292. The van der Waals surface area contributed by atoms with Gasteiger partial charge in [0.2, 0.25) is 11.8 Å². The maximum Gasteiger partial charge on any atom is 0.227 e. The molecule has 5 heteroatoms. The number of amides is 2. The van der Waals surface area contributed by atoms with E-state index in [9.17, 15) is 9.59 Å². The molecular weight excluding hydrogens is 290 g/mol. The number of para-hydroxylation sites is 1. The second kappa shape index (κ2) is 8.11. The van der Waals surface area contributed by atoms with Crippen LogP contribution in [0.1, 0.15) is 27.2 Å². The molecule has 1 heterocycles. The summed E-state index contributed by atoms with van der Waals surface area (Å²) in [4.78, 5) is 28.5. The third kappa shape index (κ3) is 4.32. The molecule has 0 spiro atoms. The quantitative estimate of drug-likeness (QED) is 0.835. The summed E-state index contributed by atoms with van der Waals surface area (Å²) in [7, 11) is 0. The lowest BCUT2D eigenvalue weighted by molar-refractivity contribution is -0.126. The fraction of sp³-hybridized carbons (Fsp3) is 0.556. The SMILES string of the molecule is CCN(CC)C(C)CNC(=O)C1CC(=O)N(c2ccccc2)C1. The largest absolute Gasteiger partial charge is 0.354 e. The maximum atomic E-state index is 12.4. The van der Waals surface area contributed by atoms with Crippen molar-refractivity contribution >= 4 is 17.5 Å². The van der Waals surface area contributed by atoms with Gasteiger partial charge in [0.25, 0.3) is 0 Å². The van der Waals surface area contributed by atoms with E-state index >= 15 is 0 Å². The maximum absolute atomic E-state index is 12.4. The van der Waals surface area contributed by atoms with Crippen LogP contribution in [0.2, 0.25) is 0 Å². The van der Waals surface area contributed by atoms with Crippen LogP contribution in [-0.2, 0) is 9.59 Å². The number of carbonyl (C=O) groups is 2. The number of nitrogens with zero attached hydrogens (tertiary/aromatic N) is 2. The van der Waals surface area contributed by atoms with Crippen molar-refractivity contribution in [3.8, 4) is 0 Å². The first-order valence-electron chi connectivity index (χ1n) is 8.44. The zero-order valence-electron chi connectivity index (χ0n) is 14.3. The monoisotopic (exact) mass is 317 g/mol. The Kier molecular flexibility index (Phi) is 6.16. The summed E-state index contributed by atoms with van der Waals surface area (Å²) in [5.74, 6) is -0.254. The van der Waals surface area contributed by atoms with Gasteiger partial charge in [0.15, 0.2) is 0 Å². The van der Waals surface area contributed by atoms with Crippen molar-refractivity contribution in [3.05, 3.63) is 30.3 Å². The van der Waals surface area contributed by atoms with Crippen LogP contribution in [0.15, 0.2) is 30.3 Å². The normalized spacial score (nSPS) is 19.2. The molecule has 23 heavy (non-hydrogen) atoms. The van der Waals surface area contributed by atoms with Gasteiger partial charge in [0.05, 0.1) is 5.92 Å². The Bertz CT molecular complexity index is 528. The third-order valence-corrected chi connectivity index (χ3v) is 4.57. The molecule has 1 aliphatic heterocycles. The van der Waals surface area contributed by atoms with Gasteiger partial charge < -0.3 is 10.2 Å². The van der Waals surface area contributed by atoms with E-state index in [0.29, 0.717) is 25.6 Å². The van der Waals surface area contributed by atoms with Crippen LogP contribution in [0.3, 0.4) is 0 Å². The molecule has 5 nitrogen and oxygen atoms in total. The Morgan fingerprint density at radius 3 is 2.57 bits per heavy atom. The fourth-order valence-electron chi connectivity index (χ4n) is 3.11. The molecule has 1 aromatic carbocycles. The van der Waals surface area contributed by atoms with E-state index < -0.39 is 0 Å². The summed E-state index contributed by atoms with van der Waals surface area (Å²) in [5, 5.41) is 3.01. The molecule has 1 aliphatic rings. The van der Waals surface area contributed by atoms with E-state index in [2.05, 4.69) is 31.0 Å². The molecule has 2 rings (SSSR count). The number of nitrogens with one attached hydrogen (secondary N) is 1. The molecular formula is C18H27N3O2. The lowest BCUT2D eigenvalue weighted by Crippen LogP contribution is -2.44. The first-order chi connectivity index (χ1) is 11.1. The van der Waals surface area contributed by atoms with Crippen LogP contribution < -0.4 is 10.2 Å². The number of hydrogen-bond acceptors (Lipinski definition) is 3. The van der Waals surface area contributed by atoms with Crippen molar-refractivity contribution in [2.24, 2.45) is 5.92 Å². The molecule has 1 N–H and O–H groups in total. The average Bonchev–Trinajstić information content (AvgIpc) is 2.96. The summed E-state index contributed by atoms with van der Waals surface area (Å²) in [5.41, 5.74) is 0.865. The van der Waals surface area contributed by atoms with Gasteiger partial charge in [-0.05, 0) is 32.1 Å². The minimum Gasteiger partial charge on any atom is -0.354 e. The summed E-state index contributed by atoms with van der Waals surface area (Å²) >= 11 is 0. The molecule has 2 atom stereocenters. The molecule has 2 unspecified atom stereocenters. The third-order valence-electron chi connectivity index (χ3n) is 4.57. The number of likely N-dealkylation sites (N-methyl/N-ethyl adjacent to an activating group) is 1. The van der Waals surface area contributed by atoms with E-state index in [1.165, 1.54) is 0 Å². The van der Waals surface area contributed by atoms with E-state index in [1.807, 2.05) is 30.3 Å². The number of benzene rings is 1. The fourth-order valence-corrected chi connectivity index (χ4v) is 3.11. The van der Waals surface area contributed by atoms with Gasteiger partial charge in [-0.1, -0.05) is 32.0 Å². The lowest BCUT2D eigenvalue weighted by atomic mass is 10.1. The molecule has 126 valence electrons. The lowest BCUT2D eigenvalue weighted by Gasteiger charge is -2.26. The molecule has 1 saturated heterocycles. The van der Waals surface area contributed by atoms with Crippen LogP contribution in [0.4, 0.5) is 5.69 Å². The van der Waals surface area contributed by atoms with Gasteiger partial charge in [-0.3, -0.25) is 14.5 Å². The highest BCUT2D eigenvalue weighted by Crippen LogP contribution is 2.24. The second-order valence-corrected chi connectivity index (χ2v) is 6.06. The minimum absolute atomic E-state index is 0.0178. The van der Waals surface area contributed by atoms with Gasteiger partial charge in [-0.25, -0.2) is 0 Å². The molecule has 0 saturated carbocycles. The number of rotatable bonds is 7. The topological polar surface area (TPSA) is 52.7 Å². The molecule has 0 aromatic heterocycles. The Morgan fingerprint density at radius 2 is 1.96 bits per heavy atom. The Labute approximate surface area is 138 Å². The van der Waals surface area contributed by atoms with Crippen LogP contribution in [0.25, 0.3) is 0 Å². The van der Waals surface area contributed by atoms with E-state index in [-0.39, 0.29) is 17.7 Å². The average molecular weight is 317 g/mol. The van der Waals surface area contributed by atoms with Crippen LogP contribution in [0.5, 0.6) is 0 Å². The zero-order chi connectivity index (χ0) is 16.8. The second-order valence-electron chi connectivity index (χ2n) is 6.06. The predicted octanol–water partition coefficient (Wildman–Crippen LogP) is 1.89. The highest BCUT2D eigenvalue weighted by molar-refractivity contribution is 6.00. The Hall–Kier alpha value is -1.88. The zero-order valence-corrected chi connectivity index (χ0v) is 14.3. The number of carbonyl (C=O) groups excluding carboxylic acids is 2. The van der Waals surface area contributed by atoms with Crippen molar-refractivity contribution in [1.29, 1.82) is 0 Å². The highest BCUT2D eigenvalue weighted by Gasteiger charge is 2.35. The predicted molar refractivity (Wildman–Crippen MR) is 92.3 cm³/mol. The molecule has 0 radical (unpaired) electrons. The highest BCUT2D eigenvalue weighted by atomic mass is 16.2. The van der Waals surface area contributed by atoms with Crippen molar-refractivity contribution in [3.63, 3.8) is 0 Å². The van der Waals surface area contributed by atoms with Gasteiger partial charge >= 0.3 is 0 Å². The molecule has 0 aliphatic carbocycles.